The van der Waals surface area contributed by atoms with Crippen molar-refractivity contribution >= 4 is 16.8 Å². The lowest BCUT2D eigenvalue weighted by atomic mass is 10.1. The number of benzene rings is 2. The predicted molar refractivity (Wildman–Crippen MR) is 125 cm³/mol. The topological polar surface area (TPSA) is 67.7 Å². The molecule has 32 heavy (non-hydrogen) atoms. The molecule has 0 bridgehead atoms. The molecule has 0 radical (unpaired) electrons. The molecule has 0 spiro atoms. The first-order valence-electron chi connectivity index (χ1n) is 11.2. The van der Waals surface area contributed by atoms with E-state index in [0.717, 1.165) is 35.7 Å². The van der Waals surface area contributed by atoms with Crippen LogP contribution in [0.15, 0.2) is 53.3 Å². The van der Waals surface area contributed by atoms with Crippen LogP contribution in [-0.4, -0.2) is 58.5 Å². The van der Waals surface area contributed by atoms with Crippen LogP contribution < -0.4 is 10.3 Å². The van der Waals surface area contributed by atoms with Crippen molar-refractivity contribution in [1.82, 2.24) is 19.4 Å². The molecule has 2 heterocycles. The van der Waals surface area contributed by atoms with Crippen molar-refractivity contribution in [2.24, 2.45) is 0 Å². The predicted octanol–water partition coefficient (Wildman–Crippen LogP) is 2.87. The van der Waals surface area contributed by atoms with Crippen molar-refractivity contribution in [3.05, 3.63) is 70.3 Å². The highest BCUT2D eigenvalue weighted by atomic mass is 16.5. The second-order valence-electron chi connectivity index (χ2n) is 8.15. The SMILES string of the molecule is CCn1c(C(C)N2CCN(C(=O)Cc3ccc(OC)cc3)CC2)nc2ccccc2c1=O. The van der Waals surface area contributed by atoms with Crippen LogP contribution in [0, 0.1) is 0 Å². The fraction of sp³-hybridized carbons (Fsp3) is 0.400. The Balaban J connectivity index is 1.44. The first-order chi connectivity index (χ1) is 15.5. The second kappa shape index (κ2) is 9.53. The summed E-state index contributed by atoms with van der Waals surface area (Å²) in [5, 5.41) is 0.652. The highest BCUT2D eigenvalue weighted by Crippen LogP contribution is 2.22. The Hall–Kier alpha value is -3.19. The van der Waals surface area contributed by atoms with E-state index >= 15 is 0 Å². The van der Waals surface area contributed by atoms with Crippen LogP contribution in [0.1, 0.15) is 31.3 Å². The van der Waals surface area contributed by atoms with Gasteiger partial charge in [0.15, 0.2) is 0 Å². The Labute approximate surface area is 188 Å². The second-order valence-corrected chi connectivity index (χ2v) is 8.15. The zero-order valence-electron chi connectivity index (χ0n) is 19.0. The van der Waals surface area contributed by atoms with Gasteiger partial charge in [0, 0.05) is 32.7 Å². The molecule has 1 aliphatic rings. The lowest BCUT2D eigenvalue weighted by Gasteiger charge is -2.38. The van der Waals surface area contributed by atoms with E-state index in [-0.39, 0.29) is 17.5 Å². The summed E-state index contributed by atoms with van der Waals surface area (Å²) < 4.78 is 6.95. The third-order valence-electron chi connectivity index (χ3n) is 6.31. The van der Waals surface area contributed by atoms with Gasteiger partial charge in [-0.25, -0.2) is 4.98 Å². The highest BCUT2D eigenvalue weighted by molar-refractivity contribution is 5.79. The van der Waals surface area contributed by atoms with Gasteiger partial charge in [-0.05, 0) is 43.7 Å². The Kier molecular flexibility index (Phi) is 6.55. The fourth-order valence-corrected chi connectivity index (χ4v) is 4.36. The molecule has 2 aromatic carbocycles. The van der Waals surface area contributed by atoms with Crippen LogP contribution in [-0.2, 0) is 17.8 Å². The molecule has 168 valence electrons. The summed E-state index contributed by atoms with van der Waals surface area (Å²) >= 11 is 0. The third kappa shape index (κ3) is 4.39. The molecule has 0 saturated carbocycles. The van der Waals surface area contributed by atoms with Gasteiger partial charge >= 0.3 is 0 Å². The number of aromatic nitrogens is 2. The minimum absolute atomic E-state index is 0.00764. The first-order valence-corrected chi connectivity index (χ1v) is 11.2. The van der Waals surface area contributed by atoms with Crippen LogP contribution >= 0.6 is 0 Å². The lowest BCUT2D eigenvalue weighted by Crippen LogP contribution is -2.50. The molecule has 1 fully saturated rings. The van der Waals surface area contributed by atoms with Crippen molar-refractivity contribution in [2.45, 2.75) is 32.9 Å². The maximum atomic E-state index is 13.0. The molecular formula is C25H30N4O3. The average molecular weight is 435 g/mol. The van der Waals surface area contributed by atoms with Crippen molar-refractivity contribution in [1.29, 1.82) is 0 Å². The van der Waals surface area contributed by atoms with Crippen LogP contribution in [0.5, 0.6) is 5.75 Å². The van der Waals surface area contributed by atoms with E-state index < -0.39 is 0 Å². The summed E-state index contributed by atoms with van der Waals surface area (Å²) in [6.07, 6.45) is 0.390. The van der Waals surface area contributed by atoms with Gasteiger partial charge in [-0.3, -0.25) is 19.1 Å². The standard InChI is InChI=1S/C25H30N4O3/c1-4-29-24(26-22-8-6-5-7-21(22)25(29)31)18(2)27-13-15-28(16-14-27)23(30)17-19-9-11-20(32-3)12-10-19/h5-12,18H,4,13-17H2,1-3H3. The van der Waals surface area contributed by atoms with Gasteiger partial charge in [0.1, 0.15) is 11.6 Å². The van der Waals surface area contributed by atoms with Gasteiger partial charge in [-0.15, -0.1) is 0 Å². The van der Waals surface area contributed by atoms with Gasteiger partial charge in [0.25, 0.3) is 5.56 Å². The normalized spacial score (nSPS) is 15.7. The third-order valence-corrected chi connectivity index (χ3v) is 6.31. The van der Waals surface area contributed by atoms with Crippen LogP contribution in [0.4, 0.5) is 0 Å². The number of amides is 1. The molecule has 1 aromatic heterocycles. The molecule has 1 amide bonds. The zero-order valence-corrected chi connectivity index (χ0v) is 19.0. The number of hydrogen-bond acceptors (Lipinski definition) is 5. The smallest absolute Gasteiger partial charge is 0.261 e. The maximum Gasteiger partial charge on any atom is 0.261 e. The van der Waals surface area contributed by atoms with Crippen LogP contribution in [0.25, 0.3) is 10.9 Å². The molecule has 1 aliphatic heterocycles. The zero-order chi connectivity index (χ0) is 22.7. The molecule has 7 heteroatoms. The minimum Gasteiger partial charge on any atom is -0.497 e. The van der Waals surface area contributed by atoms with Crippen molar-refractivity contribution in [3.8, 4) is 5.75 Å². The minimum atomic E-state index is -0.00824. The molecule has 1 atom stereocenters. The Morgan fingerprint density at radius 1 is 1.06 bits per heavy atom. The quantitative estimate of drug-likeness (QED) is 0.597. The van der Waals surface area contributed by atoms with Crippen molar-refractivity contribution < 1.29 is 9.53 Å². The number of hydrogen-bond donors (Lipinski definition) is 0. The molecule has 1 unspecified atom stereocenters. The van der Waals surface area contributed by atoms with E-state index in [1.165, 1.54) is 0 Å². The molecule has 1 saturated heterocycles. The van der Waals surface area contributed by atoms with E-state index in [0.29, 0.717) is 31.4 Å². The highest BCUT2D eigenvalue weighted by Gasteiger charge is 2.27. The van der Waals surface area contributed by atoms with E-state index in [4.69, 9.17) is 9.72 Å². The van der Waals surface area contributed by atoms with E-state index in [1.54, 1.807) is 11.7 Å². The molecule has 0 aliphatic carbocycles. The van der Waals surface area contributed by atoms with Crippen molar-refractivity contribution in [2.75, 3.05) is 33.3 Å². The van der Waals surface area contributed by atoms with Gasteiger partial charge in [0.05, 0.1) is 30.5 Å². The Morgan fingerprint density at radius 2 is 1.75 bits per heavy atom. The van der Waals surface area contributed by atoms with E-state index in [2.05, 4.69) is 11.8 Å². The van der Waals surface area contributed by atoms with Gasteiger partial charge in [-0.1, -0.05) is 24.3 Å². The largest absolute Gasteiger partial charge is 0.497 e. The first kappa shape index (κ1) is 22.0. The number of nitrogens with zero attached hydrogens (tertiary/aromatic N) is 4. The number of methoxy groups -OCH3 is 1. The number of ether oxygens (including phenoxy) is 1. The molecule has 7 nitrogen and oxygen atoms in total. The summed E-state index contributed by atoms with van der Waals surface area (Å²) in [4.78, 5) is 34.8. The van der Waals surface area contributed by atoms with Crippen molar-refractivity contribution in [3.63, 3.8) is 0 Å². The molecule has 0 N–H and O–H groups in total. The van der Waals surface area contributed by atoms with E-state index in [9.17, 15) is 9.59 Å². The number of carbonyl (C=O) groups excluding carboxylic acids is 1. The molecule has 3 aromatic rings. The van der Waals surface area contributed by atoms with Gasteiger partial charge < -0.3 is 9.64 Å². The Bertz CT molecular complexity index is 1150. The Morgan fingerprint density at radius 3 is 2.41 bits per heavy atom. The van der Waals surface area contributed by atoms with E-state index in [1.807, 2.05) is 60.4 Å². The number of fused-ring (bicyclic) bond motifs is 1. The summed E-state index contributed by atoms with van der Waals surface area (Å²) in [6.45, 7) is 7.49. The molecular weight excluding hydrogens is 404 g/mol. The fourth-order valence-electron chi connectivity index (χ4n) is 4.36. The summed E-state index contributed by atoms with van der Waals surface area (Å²) in [5.41, 5.74) is 1.73. The summed E-state index contributed by atoms with van der Waals surface area (Å²) in [6, 6.07) is 15.1. The average Bonchev–Trinajstić information content (AvgIpc) is 2.84. The number of piperazine rings is 1. The summed E-state index contributed by atoms with van der Waals surface area (Å²) in [7, 11) is 1.63. The van der Waals surface area contributed by atoms with Crippen LogP contribution in [0.3, 0.4) is 0 Å². The maximum absolute atomic E-state index is 13.0. The number of rotatable bonds is 6. The lowest BCUT2D eigenvalue weighted by molar-refractivity contribution is -0.132. The monoisotopic (exact) mass is 434 g/mol. The number of para-hydroxylation sites is 1. The van der Waals surface area contributed by atoms with Gasteiger partial charge in [-0.2, -0.15) is 0 Å². The van der Waals surface area contributed by atoms with Crippen LogP contribution in [0.2, 0.25) is 0 Å². The van der Waals surface area contributed by atoms with Gasteiger partial charge in [0.2, 0.25) is 5.91 Å². The number of carbonyl (C=O) groups is 1. The summed E-state index contributed by atoms with van der Waals surface area (Å²) in [5.74, 6) is 1.71. The molecule has 4 rings (SSSR count).